The molecule has 0 spiro atoms. The Bertz CT molecular complexity index is 700. The van der Waals surface area contributed by atoms with E-state index in [0.29, 0.717) is 11.5 Å². The third kappa shape index (κ3) is 2.95. The Hall–Kier alpha value is -1.57. The van der Waals surface area contributed by atoms with E-state index in [9.17, 15) is 8.42 Å². The molecule has 0 aliphatic heterocycles. The van der Waals surface area contributed by atoms with E-state index in [0.717, 1.165) is 11.3 Å². The third-order valence-corrected chi connectivity index (χ3v) is 4.59. The molecule has 7 heteroatoms. The van der Waals surface area contributed by atoms with Gasteiger partial charge in [-0.2, -0.15) is 0 Å². The lowest BCUT2D eigenvalue weighted by Gasteiger charge is -2.12. The fourth-order valence-corrected chi connectivity index (χ4v) is 3.35. The van der Waals surface area contributed by atoms with E-state index < -0.39 is 16.1 Å². The highest BCUT2D eigenvalue weighted by molar-refractivity contribution is 7.89. The first-order valence-corrected chi connectivity index (χ1v) is 7.69. The monoisotopic (exact) mass is 298 g/mol. The standard InChI is InChI=1S/C13H18N2O4S/c1-8-4-13(10(3)19-8)9(2)15-20(17,18)12-5-11(7-16)14-6-12/h4-6,9,14-16H,7H2,1-3H3. The zero-order valence-corrected chi connectivity index (χ0v) is 12.4. The van der Waals surface area contributed by atoms with Crippen molar-refractivity contribution in [2.45, 2.75) is 38.3 Å². The van der Waals surface area contributed by atoms with Crippen molar-refractivity contribution in [1.29, 1.82) is 0 Å². The number of hydrogen-bond acceptors (Lipinski definition) is 4. The Morgan fingerprint density at radius 1 is 1.40 bits per heavy atom. The summed E-state index contributed by atoms with van der Waals surface area (Å²) in [7, 11) is -3.64. The van der Waals surface area contributed by atoms with Crippen LogP contribution in [-0.2, 0) is 16.6 Å². The van der Waals surface area contributed by atoms with E-state index in [4.69, 9.17) is 9.52 Å². The van der Waals surface area contributed by atoms with Crippen LogP contribution in [0.2, 0.25) is 0 Å². The van der Waals surface area contributed by atoms with Crippen molar-refractivity contribution in [1.82, 2.24) is 9.71 Å². The quantitative estimate of drug-likeness (QED) is 0.783. The van der Waals surface area contributed by atoms with Crippen LogP contribution in [0, 0.1) is 13.8 Å². The number of hydrogen-bond donors (Lipinski definition) is 3. The first-order chi connectivity index (χ1) is 9.33. The Morgan fingerprint density at radius 2 is 2.10 bits per heavy atom. The summed E-state index contributed by atoms with van der Waals surface area (Å²) in [5, 5.41) is 8.96. The molecule has 0 amide bonds. The SMILES string of the molecule is Cc1cc(C(C)NS(=O)(=O)c2c[nH]c(CO)c2)c(C)o1. The molecule has 0 aliphatic rings. The number of aromatic amines is 1. The lowest BCUT2D eigenvalue weighted by atomic mass is 10.1. The van der Waals surface area contributed by atoms with Crippen LogP contribution in [-0.4, -0.2) is 18.5 Å². The van der Waals surface area contributed by atoms with Crippen LogP contribution in [0.25, 0.3) is 0 Å². The molecule has 0 saturated heterocycles. The fraction of sp³-hybridized carbons (Fsp3) is 0.385. The second-order valence-electron chi connectivity index (χ2n) is 4.73. The summed E-state index contributed by atoms with van der Waals surface area (Å²) in [5.41, 5.74) is 1.26. The van der Waals surface area contributed by atoms with Gasteiger partial charge in [-0.3, -0.25) is 0 Å². The maximum absolute atomic E-state index is 12.2. The molecule has 0 saturated carbocycles. The molecule has 0 aliphatic carbocycles. The van der Waals surface area contributed by atoms with Gasteiger partial charge in [0.1, 0.15) is 11.5 Å². The second kappa shape index (κ2) is 5.43. The molecule has 20 heavy (non-hydrogen) atoms. The van der Waals surface area contributed by atoms with Gasteiger partial charge in [-0.05, 0) is 32.9 Å². The first kappa shape index (κ1) is 14.8. The van der Waals surface area contributed by atoms with E-state index in [1.54, 1.807) is 13.8 Å². The number of nitrogens with one attached hydrogen (secondary N) is 2. The van der Waals surface area contributed by atoms with Gasteiger partial charge < -0.3 is 14.5 Å². The van der Waals surface area contributed by atoms with Crippen molar-refractivity contribution in [3.05, 3.63) is 41.1 Å². The number of sulfonamides is 1. The average molecular weight is 298 g/mol. The zero-order chi connectivity index (χ0) is 14.9. The molecule has 0 radical (unpaired) electrons. The Kier molecular flexibility index (Phi) is 4.03. The highest BCUT2D eigenvalue weighted by Gasteiger charge is 2.22. The van der Waals surface area contributed by atoms with Crippen molar-refractivity contribution < 1.29 is 17.9 Å². The Balaban J connectivity index is 2.21. The lowest BCUT2D eigenvalue weighted by Crippen LogP contribution is -2.26. The molecule has 6 nitrogen and oxygen atoms in total. The predicted molar refractivity (Wildman–Crippen MR) is 73.6 cm³/mol. The predicted octanol–water partition coefficient (Wildman–Crippen LogP) is 1.76. The average Bonchev–Trinajstić information content (AvgIpc) is 2.95. The van der Waals surface area contributed by atoms with Crippen molar-refractivity contribution in [3.8, 4) is 0 Å². The molecule has 1 atom stereocenters. The summed E-state index contributed by atoms with van der Waals surface area (Å²) in [6.45, 7) is 5.14. The van der Waals surface area contributed by atoms with Crippen LogP contribution in [0.3, 0.4) is 0 Å². The zero-order valence-electron chi connectivity index (χ0n) is 11.6. The Labute approximate surface area is 117 Å². The van der Waals surface area contributed by atoms with E-state index in [1.165, 1.54) is 12.3 Å². The number of furan rings is 1. The minimum Gasteiger partial charge on any atom is -0.466 e. The van der Waals surface area contributed by atoms with Crippen LogP contribution in [0.5, 0.6) is 0 Å². The maximum atomic E-state index is 12.2. The maximum Gasteiger partial charge on any atom is 0.242 e. The van der Waals surface area contributed by atoms with E-state index in [2.05, 4.69) is 9.71 Å². The van der Waals surface area contributed by atoms with Gasteiger partial charge in [-0.15, -0.1) is 0 Å². The normalized spacial score (nSPS) is 13.6. The molecule has 0 fully saturated rings. The Morgan fingerprint density at radius 3 is 2.60 bits per heavy atom. The lowest BCUT2D eigenvalue weighted by molar-refractivity contribution is 0.277. The van der Waals surface area contributed by atoms with Crippen LogP contribution >= 0.6 is 0 Å². The van der Waals surface area contributed by atoms with Gasteiger partial charge >= 0.3 is 0 Å². The first-order valence-electron chi connectivity index (χ1n) is 6.21. The number of aliphatic hydroxyl groups excluding tert-OH is 1. The number of aliphatic hydroxyl groups is 1. The van der Waals surface area contributed by atoms with Gasteiger partial charge in [0.05, 0.1) is 11.5 Å². The molecule has 2 heterocycles. The van der Waals surface area contributed by atoms with Crippen LogP contribution in [0.4, 0.5) is 0 Å². The molecule has 1 unspecified atom stereocenters. The van der Waals surface area contributed by atoms with E-state index in [-0.39, 0.29) is 11.5 Å². The van der Waals surface area contributed by atoms with Crippen LogP contribution in [0.15, 0.2) is 27.6 Å². The molecular weight excluding hydrogens is 280 g/mol. The molecule has 3 N–H and O–H groups in total. The molecule has 2 rings (SSSR count). The minimum atomic E-state index is -3.64. The highest BCUT2D eigenvalue weighted by Crippen LogP contribution is 2.23. The molecule has 2 aromatic rings. The van der Waals surface area contributed by atoms with Crippen molar-refractivity contribution >= 4 is 10.0 Å². The smallest absolute Gasteiger partial charge is 0.242 e. The summed E-state index contributed by atoms with van der Waals surface area (Å²) < 4.78 is 32.4. The molecule has 2 aromatic heterocycles. The number of rotatable bonds is 5. The molecule has 110 valence electrons. The topological polar surface area (TPSA) is 95.3 Å². The van der Waals surface area contributed by atoms with Gasteiger partial charge in [0, 0.05) is 23.5 Å². The summed E-state index contributed by atoms with van der Waals surface area (Å²) in [6, 6.07) is 2.83. The van der Waals surface area contributed by atoms with Crippen molar-refractivity contribution in [2.24, 2.45) is 0 Å². The number of aromatic nitrogens is 1. The van der Waals surface area contributed by atoms with E-state index >= 15 is 0 Å². The molecule has 0 bridgehead atoms. The van der Waals surface area contributed by atoms with Gasteiger partial charge in [0.2, 0.25) is 10.0 Å². The van der Waals surface area contributed by atoms with Crippen LogP contribution < -0.4 is 4.72 Å². The number of H-pyrrole nitrogens is 1. The minimum absolute atomic E-state index is 0.103. The highest BCUT2D eigenvalue weighted by atomic mass is 32.2. The fourth-order valence-electron chi connectivity index (χ4n) is 2.11. The van der Waals surface area contributed by atoms with Gasteiger partial charge in [-0.25, -0.2) is 13.1 Å². The summed E-state index contributed by atoms with van der Waals surface area (Å²) in [5.74, 6) is 1.44. The largest absolute Gasteiger partial charge is 0.466 e. The van der Waals surface area contributed by atoms with Crippen LogP contribution in [0.1, 0.15) is 35.7 Å². The van der Waals surface area contributed by atoms with Crippen molar-refractivity contribution in [2.75, 3.05) is 0 Å². The molecule has 0 aromatic carbocycles. The van der Waals surface area contributed by atoms with Gasteiger partial charge in [0.15, 0.2) is 0 Å². The van der Waals surface area contributed by atoms with Crippen molar-refractivity contribution in [3.63, 3.8) is 0 Å². The molecular formula is C13H18N2O4S. The van der Waals surface area contributed by atoms with Gasteiger partial charge in [-0.1, -0.05) is 0 Å². The number of aryl methyl sites for hydroxylation is 2. The summed E-state index contributed by atoms with van der Waals surface area (Å²) in [4.78, 5) is 2.81. The second-order valence-corrected chi connectivity index (χ2v) is 6.44. The summed E-state index contributed by atoms with van der Waals surface area (Å²) in [6.07, 6.45) is 1.36. The summed E-state index contributed by atoms with van der Waals surface area (Å²) >= 11 is 0. The van der Waals surface area contributed by atoms with E-state index in [1.807, 2.05) is 13.0 Å². The third-order valence-electron chi connectivity index (χ3n) is 3.07. The van der Waals surface area contributed by atoms with Gasteiger partial charge in [0.25, 0.3) is 0 Å².